The molecule has 0 unspecified atom stereocenters. The first-order chi connectivity index (χ1) is 25.4. The molecule has 8 nitrogen and oxygen atoms in total. The van der Waals surface area contributed by atoms with Crippen molar-refractivity contribution >= 4 is 39.3 Å². The van der Waals surface area contributed by atoms with Gasteiger partial charge in [-0.05, 0) is 101 Å². The summed E-state index contributed by atoms with van der Waals surface area (Å²) in [6.45, 7) is 1.11. The summed E-state index contributed by atoms with van der Waals surface area (Å²) in [7, 11) is 1.31. The summed E-state index contributed by atoms with van der Waals surface area (Å²) >= 11 is 3.38. The van der Waals surface area contributed by atoms with Crippen LogP contribution in [0.2, 0.25) is 0 Å². The maximum atomic E-state index is 14.7. The third-order valence-electron chi connectivity index (χ3n) is 9.91. The van der Waals surface area contributed by atoms with Gasteiger partial charge in [-0.25, -0.2) is 4.39 Å². The summed E-state index contributed by atoms with van der Waals surface area (Å²) in [4.78, 5) is 43.1. The summed E-state index contributed by atoms with van der Waals surface area (Å²) in [5.41, 5.74) is 2.96. The standard InChI is InChI=1S/C40H42BrF4N3O5/c1-52-37(50)9-3-8-36(49)47-23-30-21-32(27-12-10-25(11-13-27)6-4-18-53-35-20-29(42)14-17-33(35)41)38(34(24-47)46-30)39(51)48(31-15-16-31)22-26-5-2-7-28(19-26)40(43,44)45/h2,5,7,10-14,17,19-20,30-31,34,46H,3-4,6,8-9,15-16,18,21-24H2,1H3/t30-,34-/m1/s1. The van der Waals surface area contributed by atoms with Crippen LogP contribution in [0.4, 0.5) is 17.6 Å². The Kier molecular flexibility index (Phi) is 12.2. The Bertz CT molecular complexity index is 1850. The Labute approximate surface area is 314 Å². The molecular formula is C40H42BrF4N3O5. The molecule has 2 atom stereocenters. The molecule has 0 aromatic heterocycles. The molecular weight excluding hydrogens is 758 g/mol. The number of amides is 2. The molecule has 0 radical (unpaired) electrons. The lowest BCUT2D eigenvalue weighted by Crippen LogP contribution is -2.62. The van der Waals surface area contributed by atoms with Crippen LogP contribution >= 0.6 is 15.9 Å². The highest BCUT2D eigenvalue weighted by Crippen LogP contribution is 2.38. The minimum Gasteiger partial charge on any atom is -0.492 e. The van der Waals surface area contributed by atoms with E-state index in [-0.39, 0.29) is 61.6 Å². The van der Waals surface area contributed by atoms with Crippen LogP contribution in [0.1, 0.15) is 67.2 Å². The van der Waals surface area contributed by atoms with Crippen molar-refractivity contribution in [3.8, 4) is 5.75 Å². The third kappa shape index (κ3) is 9.85. The Morgan fingerprint density at radius 1 is 0.962 bits per heavy atom. The largest absolute Gasteiger partial charge is 0.492 e. The van der Waals surface area contributed by atoms with Crippen molar-refractivity contribution in [2.75, 3.05) is 26.8 Å². The van der Waals surface area contributed by atoms with Crippen LogP contribution in [0.3, 0.4) is 0 Å². The van der Waals surface area contributed by atoms with Gasteiger partial charge in [-0.15, -0.1) is 0 Å². The van der Waals surface area contributed by atoms with Crippen LogP contribution in [-0.2, 0) is 38.3 Å². The van der Waals surface area contributed by atoms with Crippen molar-refractivity contribution in [2.45, 2.75) is 82.2 Å². The van der Waals surface area contributed by atoms with Crippen molar-refractivity contribution in [2.24, 2.45) is 0 Å². The number of alkyl halides is 3. The number of piperazine rings is 1. The molecule has 3 aromatic rings. The molecule has 1 saturated carbocycles. The number of nitrogens with zero attached hydrogens (tertiary/aromatic N) is 2. The van der Waals surface area contributed by atoms with E-state index in [0.29, 0.717) is 60.2 Å². The van der Waals surface area contributed by atoms with Gasteiger partial charge in [-0.1, -0.05) is 36.4 Å². The van der Waals surface area contributed by atoms with Crippen molar-refractivity contribution in [3.63, 3.8) is 0 Å². The molecule has 1 N–H and O–H groups in total. The molecule has 3 aromatic carbocycles. The number of ether oxygens (including phenoxy) is 2. The average molecular weight is 801 g/mol. The Hall–Kier alpha value is -4.23. The highest BCUT2D eigenvalue weighted by atomic mass is 79.9. The van der Waals surface area contributed by atoms with E-state index in [2.05, 4.69) is 21.2 Å². The van der Waals surface area contributed by atoms with Gasteiger partial charge in [0.25, 0.3) is 5.91 Å². The van der Waals surface area contributed by atoms with Crippen LogP contribution in [0.25, 0.3) is 5.57 Å². The molecule has 53 heavy (non-hydrogen) atoms. The lowest BCUT2D eigenvalue weighted by atomic mass is 9.82. The Morgan fingerprint density at radius 2 is 1.74 bits per heavy atom. The molecule has 1 aliphatic carbocycles. The predicted octanol–water partition coefficient (Wildman–Crippen LogP) is 7.48. The van der Waals surface area contributed by atoms with Gasteiger partial charge < -0.3 is 24.6 Å². The van der Waals surface area contributed by atoms with Gasteiger partial charge in [-0.3, -0.25) is 14.4 Å². The van der Waals surface area contributed by atoms with Gasteiger partial charge in [-0.2, -0.15) is 13.2 Å². The van der Waals surface area contributed by atoms with Gasteiger partial charge in [0.1, 0.15) is 11.6 Å². The molecule has 2 fully saturated rings. The number of rotatable bonds is 14. The summed E-state index contributed by atoms with van der Waals surface area (Å²) in [5, 5.41) is 3.56. The second-order valence-electron chi connectivity index (χ2n) is 13.8. The van der Waals surface area contributed by atoms with E-state index < -0.39 is 17.8 Å². The second-order valence-corrected chi connectivity index (χ2v) is 14.7. The van der Waals surface area contributed by atoms with Crippen LogP contribution < -0.4 is 10.1 Å². The van der Waals surface area contributed by atoms with Gasteiger partial charge in [0.15, 0.2) is 0 Å². The topological polar surface area (TPSA) is 88.2 Å². The van der Waals surface area contributed by atoms with E-state index in [9.17, 15) is 31.9 Å². The van der Waals surface area contributed by atoms with Crippen molar-refractivity contribution < 1.29 is 41.4 Å². The number of hydrogen-bond acceptors (Lipinski definition) is 6. The number of methoxy groups -OCH3 is 1. The number of carbonyl (C=O) groups excluding carboxylic acids is 3. The molecule has 282 valence electrons. The Balaban J connectivity index is 1.23. The number of halogens is 5. The normalized spacial score (nSPS) is 18.5. The Morgan fingerprint density at radius 3 is 2.45 bits per heavy atom. The minimum absolute atomic E-state index is 0.0315. The molecule has 2 heterocycles. The first-order valence-electron chi connectivity index (χ1n) is 17.9. The maximum Gasteiger partial charge on any atom is 0.416 e. The van der Waals surface area contributed by atoms with E-state index in [1.807, 2.05) is 24.3 Å². The number of benzene rings is 3. The first-order valence-corrected chi connectivity index (χ1v) is 18.7. The summed E-state index contributed by atoms with van der Waals surface area (Å²) in [6, 6.07) is 16.7. The average Bonchev–Trinajstić information content (AvgIpc) is 3.99. The number of aryl methyl sites for hydroxylation is 1. The number of hydrogen-bond donors (Lipinski definition) is 1. The van der Waals surface area contributed by atoms with Gasteiger partial charge in [0.05, 0.1) is 29.8 Å². The van der Waals surface area contributed by atoms with Gasteiger partial charge in [0.2, 0.25) is 5.91 Å². The molecule has 2 aliphatic heterocycles. The van der Waals surface area contributed by atoms with Crippen LogP contribution in [-0.4, -0.2) is 72.5 Å². The number of carbonyl (C=O) groups is 3. The zero-order valence-corrected chi connectivity index (χ0v) is 31.0. The smallest absolute Gasteiger partial charge is 0.416 e. The van der Waals surface area contributed by atoms with E-state index in [0.717, 1.165) is 41.7 Å². The van der Waals surface area contributed by atoms with Gasteiger partial charge >= 0.3 is 12.1 Å². The fourth-order valence-electron chi connectivity index (χ4n) is 7.08. The highest BCUT2D eigenvalue weighted by molar-refractivity contribution is 9.10. The van der Waals surface area contributed by atoms with Crippen molar-refractivity contribution in [1.82, 2.24) is 15.1 Å². The van der Waals surface area contributed by atoms with Crippen LogP contribution in [0.5, 0.6) is 5.75 Å². The van der Waals surface area contributed by atoms with E-state index in [1.165, 1.54) is 25.3 Å². The van der Waals surface area contributed by atoms with E-state index >= 15 is 0 Å². The lowest BCUT2D eigenvalue weighted by molar-refractivity contribution is -0.141. The minimum atomic E-state index is -4.50. The van der Waals surface area contributed by atoms with E-state index in [1.54, 1.807) is 21.9 Å². The SMILES string of the molecule is COC(=O)CCCC(=O)N1C[C@H]2CC(c3ccc(CCCOc4cc(F)ccc4Br)cc3)=C(C(=O)N(Cc3cccc(C(F)(F)F)c3)C3CC3)[C@@H](C1)N2. The zero-order valence-electron chi connectivity index (χ0n) is 29.4. The lowest BCUT2D eigenvalue weighted by Gasteiger charge is -2.45. The fraction of sp³-hybridized carbons (Fsp3) is 0.425. The second kappa shape index (κ2) is 16.8. The predicted molar refractivity (Wildman–Crippen MR) is 194 cm³/mol. The number of nitrogens with one attached hydrogen (secondary N) is 1. The number of esters is 1. The fourth-order valence-corrected chi connectivity index (χ4v) is 7.45. The molecule has 1 saturated heterocycles. The van der Waals surface area contributed by atoms with E-state index in [4.69, 9.17) is 9.47 Å². The highest BCUT2D eigenvalue weighted by Gasteiger charge is 2.43. The quantitative estimate of drug-likeness (QED) is 0.103. The molecule has 6 rings (SSSR count). The monoisotopic (exact) mass is 799 g/mol. The molecule has 13 heteroatoms. The maximum absolute atomic E-state index is 14.7. The molecule has 0 spiro atoms. The summed E-state index contributed by atoms with van der Waals surface area (Å²) < 4.78 is 65.5. The number of fused-ring (bicyclic) bond motifs is 2. The first kappa shape index (κ1) is 38.5. The summed E-state index contributed by atoms with van der Waals surface area (Å²) in [6.07, 6.45) is -0.455. The molecule has 3 aliphatic rings. The van der Waals surface area contributed by atoms with Crippen molar-refractivity contribution in [1.29, 1.82) is 0 Å². The van der Waals surface area contributed by atoms with Gasteiger partial charge in [0, 0.05) is 56.2 Å². The van der Waals surface area contributed by atoms with Crippen LogP contribution in [0.15, 0.2) is 76.8 Å². The third-order valence-corrected chi connectivity index (χ3v) is 10.6. The van der Waals surface area contributed by atoms with Crippen molar-refractivity contribution in [3.05, 3.63) is 105 Å². The molecule has 2 amide bonds. The zero-order chi connectivity index (χ0) is 37.7. The van der Waals surface area contributed by atoms with Crippen LogP contribution in [0, 0.1) is 5.82 Å². The summed E-state index contributed by atoms with van der Waals surface area (Å²) in [5.74, 6) is -0.676. The molecule has 2 bridgehead atoms.